The maximum absolute atomic E-state index is 12.6. The third-order valence-electron chi connectivity index (χ3n) is 4.28. The minimum Gasteiger partial charge on any atom is -0.378 e. The number of ether oxygens (including phenoxy) is 1. The van der Waals surface area contributed by atoms with E-state index in [1.54, 1.807) is 0 Å². The van der Waals surface area contributed by atoms with E-state index in [9.17, 15) is 4.79 Å². The number of benzene rings is 1. The zero-order valence-electron chi connectivity index (χ0n) is 16.4. The van der Waals surface area contributed by atoms with Gasteiger partial charge in [-0.25, -0.2) is 0 Å². The van der Waals surface area contributed by atoms with Crippen molar-refractivity contribution in [2.45, 2.75) is 37.7 Å². The van der Waals surface area contributed by atoms with Crippen LogP contribution in [0.25, 0.3) is 0 Å². The van der Waals surface area contributed by atoms with Gasteiger partial charge in [0.1, 0.15) is 0 Å². The van der Waals surface area contributed by atoms with Crippen LogP contribution in [0.15, 0.2) is 33.9 Å². The average Bonchev–Trinajstić information content (AvgIpc) is 3.04. The number of aromatic nitrogens is 3. The Morgan fingerprint density at radius 2 is 2.04 bits per heavy atom. The smallest absolute Gasteiger partial charge is 0.237 e. The topological polar surface area (TPSA) is 72.3 Å². The molecule has 9 heteroatoms. The molecule has 2 heterocycles. The first-order valence-electron chi connectivity index (χ1n) is 9.43. The van der Waals surface area contributed by atoms with Crippen LogP contribution in [0.5, 0.6) is 0 Å². The lowest BCUT2D eigenvalue weighted by Gasteiger charge is -2.28. The summed E-state index contributed by atoms with van der Waals surface area (Å²) in [4.78, 5) is 14.8. The van der Waals surface area contributed by atoms with E-state index in [0.29, 0.717) is 19.1 Å². The van der Waals surface area contributed by atoms with Gasteiger partial charge in [-0.1, -0.05) is 47.6 Å². The van der Waals surface area contributed by atoms with Crippen molar-refractivity contribution in [3.05, 3.63) is 28.7 Å². The number of amides is 1. The minimum atomic E-state index is -0.299. The number of rotatable bonds is 7. The second-order valence-corrected chi connectivity index (χ2v) is 9.37. The molecule has 0 saturated carbocycles. The van der Waals surface area contributed by atoms with Gasteiger partial charge >= 0.3 is 0 Å². The van der Waals surface area contributed by atoms with E-state index < -0.39 is 0 Å². The summed E-state index contributed by atoms with van der Waals surface area (Å²) in [6, 6.07) is 7.58. The molecule has 0 radical (unpaired) electrons. The monoisotopic (exact) mass is 467 g/mol. The molecule has 1 atom stereocenters. The van der Waals surface area contributed by atoms with Crippen molar-refractivity contribution in [2.75, 3.05) is 36.5 Å². The van der Waals surface area contributed by atoms with E-state index in [4.69, 9.17) is 4.74 Å². The van der Waals surface area contributed by atoms with E-state index in [2.05, 4.69) is 54.8 Å². The fourth-order valence-electron chi connectivity index (χ4n) is 2.91. The Hall–Kier alpha value is -1.58. The predicted molar refractivity (Wildman–Crippen MR) is 116 cm³/mol. The molecule has 0 aliphatic carbocycles. The average molecular weight is 468 g/mol. The molecule has 0 spiro atoms. The number of thioether (sulfide) groups is 1. The van der Waals surface area contributed by atoms with Crippen LogP contribution >= 0.6 is 27.7 Å². The number of morpholine rings is 1. The Balaban J connectivity index is 1.72. The molecule has 1 aromatic carbocycles. The highest BCUT2D eigenvalue weighted by Crippen LogP contribution is 2.28. The Bertz CT molecular complexity index is 807. The van der Waals surface area contributed by atoms with E-state index in [-0.39, 0.29) is 11.2 Å². The number of carbonyl (C=O) groups is 1. The summed E-state index contributed by atoms with van der Waals surface area (Å²) >= 11 is 4.86. The van der Waals surface area contributed by atoms with Gasteiger partial charge in [0.15, 0.2) is 5.16 Å². The third-order valence-corrected chi connectivity index (χ3v) is 5.86. The fourth-order valence-corrected chi connectivity index (χ4v) is 4.16. The number of carbonyl (C=O) groups excluding carboxylic acids is 1. The molecule has 1 N–H and O–H groups in total. The molecule has 1 aliphatic rings. The van der Waals surface area contributed by atoms with Crippen LogP contribution in [0.1, 0.15) is 20.8 Å². The molecular formula is C19H26BrN5O2S. The Labute approximate surface area is 178 Å². The SMILES string of the molecule is CC(C)Cn1c(SC(C)C(=O)Nc2cccc(Br)c2)nnc1N1CCOCC1. The molecule has 1 fully saturated rings. The molecule has 152 valence electrons. The van der Waals surface area contributed by atoms with Gasteiger partial charge in [-0.15, -0.1) is 10.2 Å². The Morgan fingerprint density at radius 1 is 1.29 bits per heavy atom. The van der Waals surface area contributed by atoms with Gasteiger partial charge in [0.2, 0.25) is 11.9 Å². The van der Waals surface area contributed by atoms with Crippen molar-refractivity contribution in [1.29, 1.82) is 0 Å². The van der Waals surface area contributed by atoms with Crippen LogP contribution in [0.2, 0.25) is 0 Å². The van der Waals surface area contributed by atoms with Gasteiger partial charge in [-0.2, -0.15) is 0 Å². The summed E-state index contributed by atoms with van der Waals surface area (Å²) in [6.45, 7) is 10.0. The van der Waals surface area contributed by atoms with Gasteiger partial charge in [0.05, 0.1) is 18.5 Å². The lowest BCUT2D eigenvalue weighted by molar-refractivity contribution is -0.115. The van der Waals surface area contributed by atoms with Crippen LogP contribution in [0.3, 0.4) is 0 Å². The van der Waals surface area contributed by atoms with Crippen molar-refractivity contribution in [1.82, 2.24) is 14.8 Å². The standard InChI is InChI=1S/C19H26BrN5O2S/c1-13(2)12-25-18(24-7-9-27-10-8-24)22-23-19(25)28-14(3)17(26)21-16-6-4-5-15(20)11-16/h4-6,11,13-14H,7-10,12H2,1-3H3,(H,21,26). The number of nitrogens with one attached hydrogen (secondary N) is 1. The quantitative estimate of drug-likeness (QED) is 0.626. The van der Waals surface area contributed by atoms with Gasteiger partial charge in [-0.05, 0) is 31.0 Å². The number of nitrogens with zero attached hydrogens (tertiary/aromatic N) is 4. The Morgan fingerprint density at radius 3 is 2.71 bits per heavy atom. The largest absolute Gasteiger partial charge is 0.378 e. The first-order chi connectivity index (χ1) is 13.4. The minimum absolute atomic E-state index is 0.0601. The molecule has 1 aliphatic heterocycles. The zero-order chi connectivity index (χ0) is 20.1. The van der Waals surface area contributed by atoms with Gasteiger partial charge in [0.25, 0.3) is 0 Å². The molecule has 3 rings (SSSR count). The molecule has 2 aromatic rings. The van der Waals surface area contributed by atoms with Crippen molar-refractivity contribution < 1.29 is 9.53 Å². The van der Waals surface area contributed by atoms with E-state index in [0.717, 1.165) is 40.9 Å². The number of halogens is 1. The number of anilines is 2. The van der Waals surface area contributed by atoms with Crippen molar-refractivity contribution >= 4 is 45.2 Å². The fraction of sp³-hybridized carbons (Fsp3) is 0.526. The zero-order valence-corrected chi connectivity index (χ0v) is 18.8. The normalized spacial score (nSPS) is 15.7. The third kappa shape index (κ3) is 5.48. The van der Waals surface area contributed by atoms with Crippen molar-refractivity contribution in [3.63, 3.8) is 0 Å². The van der Waals surface area contributed by atoms with Crippen molar-refractivity contribution in [2.24, 2.45) is 5.92 Å². The molecule has 1 saturated heterocycles. The Kier molecular flexibility index (Phi) is 7.36. The molecule has 1 unspecified atom stereocenters. The summed E-state index contributed by atoms with van der Waals surface area (Å²) in [5.41, 5.74) is 0.768. The van der Waals surface area contributed by atoms with Gasteiger partial charge in [0, 0.05) is 29.8 Å². The van der Waals surface area contributed by atoms with E-state index in [1.807, 2.05) is 31.2 Å². The molecule has 1 aromatic heterocycles. The first-order valence-corrected chi connectivity index (χ1v) is 11.1. The van der Waals surface area contributed by atoms with Crippen LogP contribution < -0.4 is 10.2 Å². The highest BCUT2D eigenvalue weighted by atomic mass is 79.9. The highest BCUT2D eigenvalue weighted by Gasteiger charge is 2.24. The summed E-state index contributed by atoms with van der Waals surface area (Å²) in [7, 11) is 0. The maximum atomic E-state index is 12.6. The highest BCUT2D eigenvalue weighted by molar-refractivity contribution is 9.10. The van der Waals surface area contributed by atoms with E-state index in [1.165, 1.54) is 11.8 Å². The van der Waals surface area contributed by atoms with Crippen LogP contribution in [-0.2, 0) is 16.1 Å². The molecule has 28 heavy (non-hydrogen) atoms. The lowest BCUT2D eigenvalue weighted by atomic mass is 10.2. The number of hydrogen-bond acceptors (Lipinski definition) is 6. The summed E-state index contributed by atoms with van der Waals surface area (Å²) < 4.78 is 8.51. The second-order valence-electron chi connectivity index (χ2n) is 7.15. The number of hydrogen-bond donors (Lipinski definition) is 1. The van der Waals surface area contributed by atoms with Gasteiger partial charge in [-0.3, -0.25) is 9.36 Å². The summed E-state index contributed by atoms with van der Waals surface area (Å²) in [6.07, 6.45) is 0. The predicted octanol–water partition coefficient (Wildman–Crippen LogP) is 3.65. The maximum Gasteiger partial charge on any atom is 0.237 e. The molecule has 0 bridgehead atoms. The van der Waals surface area contributed by atoms with Crippen molar-refractivity contribution in [3.8, 4) is 0 Å². The van der Waals surface area contributed by atoms with Crippen LogP contribution in [0.4, 0.5) is 11.6 Å². The molecular weight excluding hydrogens is 442 g/mol. The first kappa shape index (κ1) is 21.1. The summed E-state index contributed by atoms with van der Waals surface area (Å²) in [5.74, 6) is 1.25. The van der Waals surface area contributed by atoms with Gasteiger partial charge < -0.3 is 15.0 Å². The molecule has 7 nitrogen and oxygen atoms in total. The van der Waals surface area contributed by atoms with Crippen LogP contribution in [-0.4, -0.2) is 52.2 Å². The lowest BCUT2D eigenvalue weighted by Crippen LogP contribution is -2.38. The molecule has 1 amide bonds. The second kappa shape index (κ2) is 9.76. The van der Waals surface area contributed by atoms with Crippen LogP contribution in [0, 0.1) is 5.92 Å². The summed E-state index contributed by atoms with van der Waals surface area (Å²) in [5, 5.41) is 12.2. The van der Waals surface area contributed by atoms with E-state index >= 15 is 0 Å².